The van der Waals surface area contributed by atoms with Gasteiger partial charge in [-0.1, -0.05) is 15.9 Å². The molecule has 3 nitrogen and oxygen atoms in total. The number of nitrogens with two attached hydrogens (primary N) is 1. The third kappa shape index (κ3) is 3.36. The molecule has 1 heterocycles. The van der Waals surface area contributed by atoms with Crippen LogP contribution in [-0.2, 0) is 4.74 Å². The van der Waals surface area contributed by atoms with Gasteiger partial charge in [0.15, 0.2) is 0 Å². The summed E-state index contributed by atoms with van der Waals surface area (Å²) >= 11 is 3.39. The summed E-state index contributed by atoms with van der Waals surface area (Å²) < 4.78 is 12.6. The molecule has 0 bridgehead atoms. The summed E-state index contributed by atoms with van der Waals surface area (Å²) in [6.45, 7) is 4.16. The number of hydrogen-bond donors (Lipinski definition) is 1. The smallest absolute Gasteiger partial charge is 0.142 e. The minimum Gasteiger partial charge on any atom is -0.488 e. The van der Waals surface area contributed by atoms with Crippen molar-refractivity contribution in [2.75, 3.05) is 5.73 Å². The Morgan fingerprint density at radius 2 is 1.94 bits per heavy atom. The number of rotatable bonds is 2. The van der Waals surface area contributed by atoms with Crippen LogP contribution in [-0.4, -0.2) is 18.3 Å². The van der Waals surface area contributed by atoms with Gasteiger partial charge in [-0.15, -0.1) is 0 Å². The van der Waals surface area contributed by atoms with Crippen LogP contribution in [0.25, 0.3) is 0 Å². The Bertz CT molecular complexity index is 387. The van der Waals surface area contributed by atoms with Crippen LogP contribution >= 0.6 is 15.9 Å². The van der Waals surface area contributed by atoms with Crippen LogP contribution in [0.1, 0.15) is 26.7 Å². The molecule has 2 unspecified atom stereocenters. The van der Waals surface area contributed by atoms with Crippen molar-refractivity contribution < 1.29 is 9.47 Å². The van der Waals surface area contributed by atoms with Gasteiger partial charge in [0.05, 0.1) is 17.9 Å². The average molecular weight is 300 g/mol. The predicted molar refractivity (Wildman–Crippen MR) is 72.2 cm³/mol. The van der Waals surface area contributed by atoms with Crippen LogP contribution < -0.4 is 10.5 Å². The zero-order chi connectivity index (χ0) is 12.4. The molecule has 2 atom stereocenters. The zero-order valence-corrected chi connectivity index (χ0v) is 11.7. The van der Waals surface area contributed by atoms with E-state index >= 15 is 0 Å². The molecule has 0 radical (unpaired) electrons. The second-order valence-corrected chi connectivity index (χ2v) is 5.57. The normalized spacial score (nSPS) is 29.0. The predicted octanol–water partition coefficient (Wildman–Crippen LogP) is 3.37. The van der Waals surface area contributed by atoms with Gasteiger partial charge >= 0.3 is 0 Å². The third-order valence-corrected chi connectivity index (χ3v) is 3.41. The topological polar surface area (TPSA) is 44.5 Å². The number of benzene rings is 1. The van der Waals surface area contributed by atoms with Crippen molar-refractivity contribution in [1.82, 2.24) is 0 Å². The van der Waals surface area contributed by atoms with Crippen molar-refractivity contribution in [1.29, 1.82) is 0 Å². The molecule has 0 spiro atoms. The van der Waals surface area contributed by atoms with E-state index in [9.17, 15) is 0 Å². The van der Waals surface area contributed by atoms with Gasteiger partial charge in [0.2, 0.25) is 0 Å². The molecule has 1 aliphatic heterocycles. The first kappa shape index (κ1) is 12.7. The maximum Gasteiger partial charge on any atom is 0.142 e. The van der Waals surface area contributed by atoms with Crippen molar-refractivity contribution >= 4 is 21.6 Å². The molecule has 1 aliphatic rings. The SMILES string of the molecule is CC1CC(Oc2ccc(Br)cc2N)CC(C)O1. The first-order valence-corrected chi connectivity index (χ1v) is 6.71. The molecule has 1 aromatic rings. The maximum atomic E-state index is 5.96. The summed E-state index contributed by atoms with van der Waals surface area (Å²) in [5.74, 6) is 0.763. The van der Waals surface area contributed by atoms with E-state index in [0.29, 0.717) is 5.69 Å². The number of nitrogen functional groups attached to an aromatic ring is 1. The Labute approximate surface area is 110 Å². The highest BCUT2D eigenvalue weighted by molar-refractivity contribution is 9.10. The lowest BCUT2D eigenvalue weighted by Gasteiger charge is -2.32. The van der Waals surface area contributed by atoms with E-state index < -0.39 is 0 Å². The maximum absolute atomic E-state index is 5.96. The van der Waals surface area contributed by atoms with Crippen LogP contribution in [0.2, 0.25) is 0 Å². The molecule has 0 aliphatic carbocycles. The molecule has 1 fully saturated rings. The van der Waals surface area contributed by atoms with Crippen LogP contribution in [0.15, 0.2) is 22.7 Å². The fraction of sp³-hybridized carbons (Fsp3) is 0.538. The molecule has 0 amide bonds. The van der Waals surface area contributed by atoms with Gasteiger partial charge < -0.3 is 15.2 Å². The lowest BCUT2D eigenvalue weighted by atomic mass is 10.0. The largest absolute Gasteiger partial charge is 0.488 e. The minimum atomic E-state index is 0.192. The minimum absolute atomic E-state index is 0.192. The summed E-state index contributed by atoms with van der Waals surface area (Å²) in [6.07, 6.45) is 2.53. The van der Waals surface area contributed by atoms with Crippen molar-refractivity contribution in [3.8, 4) is 5.75 Å². The first-order valence-electron chi connectivity index (χ1n) is 5.91. The van der Waals surface area contributed by atoms with Crippen molar-refractivity contribution in [2.24, 2.45) is 0 Å². The van der Waals surface area contributed by atoms with Gasteiger partial charge in [-0.3, -0.25) is 0 Å². The molecule has 17 heavy (non-hydrogen) atoms. The monoisotopic (exact) mass is 299 g/mol. The van der Waals surface area contributed by atoms with Crippen molar-refractivity contribution in [3.05, 3.63) is 22.7 Å². The number of halogens is 1. The molecule has 1 aromatic carbocycles. The van der Waals surface area contributed by atoms with Crippen LogP contribution in [0.3, 0.4) is 0 Å². The van der Waals surface area contributed by atoms with Crippen LogP contribution in [0.4, 0.5) is 5.69 Å². The van der Waals surface area contributed by atoms with Gasteiger partial charge in [0, 0.05) is 17.3 Å². The van der Waals surface area contributed by atoms with Gasteiger partial charge in [0.1, 0.15) is 11.9 Å². The fourth-order valence-corrected chi connectivity index (χ4v) is 2.63. The molecule has 4 heteroatoms. The van der Waals surface area contributed by atoms with Gasteiger partial charge in [-0.2, -0.15) is 0 Å². The lowest BCUT2D eigenvalue weighted by Crippen LogP contribution is -2.35. The van der Waals surface area contributed by atoms with Gasteiger partial charge in [-0.05, 0) is 32.0 Å². The Morgan fingerprint density at radius 1 is 1.29 bits per heavy atom. The zero-order valence-electron chi connectivity index (χ0n) is 10.2. The van der Waals surface area contributed by atoms with E-state index in [1.165, 1.54) is 0 Å². The molecule has 0 aromatic heterocycles. The Kier molecular flexibility index (Phi) is 3.94. The fourth-order valence-electron chi connectivity index (χ4n) is 2.25. The van der Waals surface area contributed by atoms with E-state index in [-0.39, 0.29) is 18.3 Å². The van der Waals surface area contributed by atoms with Crippen molar-refractivity contribution in [3.63, 3.8) is 0 Å². The van der Waals surface area contributed by atoms with Gasteiger partial charge in [-0.25, -0.2) is 0 Å². The highest BCUT2D eigenvalue weighted by Crippen LogP contribution is 2.29. The summed E-state index contributed by atoms with van der Waals surface area (Å²) in [5.41, 5.74) is 6.59. The highest BCUT2D eigenvalue weighted by Gasteiger charge is 2.26. The highest BCUT2D eigenvalue weighted by atomic mass is 79.9. The molecule has 1 saturated heterocycles. The molecule has 0 saturated carbocycles. The third-order valence-electron chi connectivity index (χ3n) is 2.92. The van der Waals surface area contributed by atoms with E-state index in [1.54, 1.807) is 0 Å². The van der Waals surface area contributed by atoms with Crippen LogP contribution in [0.5, 0.6) is 5.75 Å². The molecule has 94 valence electrons. The van der Waals surface area contributed by atoms with Crippen molar-refractivity contribution in [2.45, 2.75) is 45.0 Å². The van der Waals surface area contributed by atoms with Gasteiger partial charge in [0.25, 0.3) is 0 Å². The first-order chi connectivity index (χ1) is 8.04. The Morgan fingerprint density at radius 3 is 2.53 bits per heavy atom. The van der Waals surface area contributed by atoms with E-state index in [2.05, 4.69) is 29.8 Å². The number of ether oxygens (including phenoxy) is 2. The number of anilines is 1. The van der Waals surface area contributed by atoms with E-state index in [4.69, 9.17) is 15.2 Å². The summed E-state index contributed by atoms with van der Waals surface area (Å²) in [6, 6.07) is 5.71. The Balaban J connectivity index is 2.04. The summed E-state index contributed by atoms with van der Waals surface area (Å²) in [5, 5.41) is 0. The lowest BCUT2D eigenvalue weighted by molar-refractivity contribution is -0.0720. The molecule has 2 rings (SSSR count). The molecular weight excluding hydrogens is 282 g/mol. The molecular formula is C13H18BrNO2. The second kappa shape index (κ2) is 5.27. The number of hydrogen-bond acceptors (Lipinski definition) is 3. The molecule has 2 N–H and O–H groups in total. The van der Waals surface area contributed by atoms with E-state index in [0.717, 1.165) is 23.1 Å². The average Bonchev–Trinajstić information content (AvgIpc) is 2.21. The standard InChI is InChI=1S/C13H18BrNO2/c1-8-5-11(6-9(2)16-8)17-13-4-3-10(14)7-12(13)15/h3-4,7-9,11H,5-6,15H2,1-2H3. The quantitative estimate of drug-likeness (QED) is 0.852. The summed E-state index contributed by atoms with van der Waals surface area (Å²) in [7, 11) is 0. The van der Waals surface area contributed by atoms with Crippen LogP contribution in [0, 0.1) is 0 Å². The Hall–Kier alpha value is -0.740. The van der Waals surface area contributed by atoms with E-state index in [1.807, 2.05) is 18.2 Å². The summed E-state index contributed by atoms with van der Waals surface area (Å²) in [4.78, 5) is 0. The second-order valence-electron chi connectivity index (χ2n) is 4.65.